The van der Waals surface area contributed by atoms with E-state index in [4.69, 9.17) is 4.74 Å². The molecule has 1 amide bonds. The molecule has 6 nitrogen and oxygen atoms in total. The third-order valence-corrected chi connectivity index (χ3v) is 5.11. The van der Waals surface area contributed by atoms with Crippen LogP contribution in [0.15, 0.2) is 72.9 Å². The normalized spacial score (nSPS) is 18.9. The summed E-state index contributed by atoms with van der Waals surface area (Å²) in [6, 6.07) is 21.4. The smallest absolute Gasteiger partial charge is 0.416 e. The molecule has 1 aromatic heterocycles. The highest BCUT2D eigenvalue weighted by Gasteiger charge is 2.49. The molecule has 0 bridgehead atoms. The van der Waals surface area contributed by atoms with Crippen LogP contribution >= 0.6 is 0 Å². The van der Waals surface area contributed by atoms with Crippen molar-refractivity contribution in [2.45, 2.75) is 38.5 Å². The summed E-state index contributed by atoms with van der Waals surface area (Å²) in [5, 5.41) is 3.31. The fourth-order valence-electron chi connectivity index (χ4n) is 3.73. The molecule has 2 heterocycles. The number of rotatable bonds is 5. The Morgan fingerprint density at radius 1 is 1.03 bits per heavy atom. The fraction of sp³-hybridized carbons (Fsp3) is 0.261. The molecule has 0 saturated carbocycles. The Labute approximate surface area is 170 Å². The third kappa shape index (κ3) is 3.78. The van der Waals surface area contributed by atoms with Crippen LogP contribution in [0.5, 0.6) is 0 Å². The minimum atomic E-state index is -0.686. The first-order valence-corrected chi connectivity index (χ1v) is 9.67. The lowest BCUT2D eigenvalue weighted by molar-refractivity contribution is 0.0685. The van der Waals surface area contributed by atoms with Crippen molar-refractivity contribution in [1.29, 1.82) is 0 Å². The number of cyclic esters (lactones) is 1. The molecule has 29 heavy (non-hydrogen) atoms. The summed E-state index contributed by atoms with van der Waals surface area (Å²) in [6.07, 6.45) is 1.24. The van der Waals surface area contributed by atoms with Gasteiger partial charge >= 0.3 is 6.09 Å². The van der Waals surface area contributed by atoms with Gasteiger partial charge < -0.3 is 10.1 Å². The Hall–Kier alpha value is -3.41. The van der Waals surface area contributed by atoms with Gasteiger partial charge in [-0.25, -0.2) is 14.7 Å². The van der Waals surface area contributed by atoms with Crippen molar-refractivity contribution in [2.75, 3.05) is 10.2 Å². The molecule has 1 fully saturated rings. The molecule has 1 saturated heterocycles. The minimum Gasteiger partial charge on any atom is -0.440 e. The van der Waals surface area contributed by atoms with E-state index in [2.05, 4.69) is 15.3 Å². The van der Waals surface area contributed by atoms with E-state index < -0.39 is 11.7 Å². The van der Waals surface area contributed by atoms with Crippen molar-refractivity contribution < 1.29 is 9.53 Å². The average Bonchev–Trinajstić information content (AvgIpc) is 2.97. The van der Waals surface area contributed by atoms with Crippen molar-refractivity contribution in [2.24, 2.45) is 0 Å². The van der Waals surface area contributed by atoms with Crippen LogP contribution in [0.2, 0.25) is 0 Å². The maximum Gasteiger partial charge on any atom is 0.416 e. The van der Waals surface area contributed by atoms with Crippen molar-refractivity contribution in [3.8, 4) is 0 Å². The van der Waals surface area contributed by atoms with Gasteiger partial charge in [-0.05, 0) is 38.0 Å². The van der Waals surface area contributed by atoms with Crippen LogP contribution in [-0.2, 0) is 4.74 Å². The van der Waals surface area contributed by atoms with Gasteiger partial charge in [0.1, 0.15) is 17.5 Å². The highest BCUT2D eigenvalue weighted by atomic mass is 16.6. The quantitative estimate of drug-likeness (QED) is 0.656. The molecule has 1 aliphatic heterocycles. The van der Waals surface area contributed by atoms with Crippen LogP contribution in [0.4, 0.5) is 16.6 Å². The second kappa shape index (κ2) is 7.54. The molecule has 0 unspecified atom stereocenters. The van der Waals surface area contributed by atoms with E-state index in [1.807, 2.05) is 81.4 Å². The monoisotopic (exact) mass is 388 g/mol. The molecule has 2 atom stereocenters. The first-order chi connectivity index (χ1) is 14.0. The molecule has 3 aromatic rings. The Bertz CT molecular complexity index is 992. The lowest BCUT2D eigenvalue weighted by atomic mass is 9.91. The number of hydrogen-bond donors (Lipinski definition) is 1. The third-order valence-electron chi connectivity index (χ3n) is 5.11. The molecule has 0 aliphatic carbocycles. The first-order valence-electron chi connectivity index (χ1n) is 9.67. The fourth-order valence-corrected chi connectivity index (χ4v) is 3.73. The summed E-state index contributed by atoms with van der Waals surface area (Å²) >= 11 is 0. The van der Waals surface area contributed by atoms with Gasteiger partial charge in [-0.2, -0.15) is 4.98 Å². The predicted molar refractivity (Wildman–Crippen MR) is 113 cm³/mol. The van der Waals surface area contributed by atoms with E-state index in [1.165, 1.54) is 0 Å². The minimum absolute atomic E-state index is 0.0262. The Morgan fingerprint density at radius 3 is 2.38 bits per heavy atom. The number of benzene rings is 2. The highest BCUT2D eigenvalue weighted by molar-refractivity contribution is 5.90. The Balaban J connectivity index is 1.65. The number of aromatic nitrogens is 2. The molecule has 0 spiro atoms. The lowest BCUT2D eigenvalue weighted by Gasteiger charge is -2.28. The second-order valence-electron chi connectivity index (χ2n) is 7.67. The molecule has 6 heteroatoms. The number of nitrogens with zero attached hydrogens (tertiary/aromatic N) is 3. The second-order valence-corrected chi connectivity index (χ2v) is 7.67. The number of ether oxygens (including phenoxy) is 1. The van der Waals surface area contributed by atoms with Gasteiger partial charge in [0, 0.05) is 6.20 Å². The van der Waals surface area contributed by atoms with Crippen molar-refractivity contribution in [3.63, 3.8) is 0 Å². The Kier molecular flexibility index (Phi) is 4.92. The van der Waals surface area contributed by atoms with Crippen LogP contribution in [0.3, 0.4) is 0 Å². The molecule has 1 N–H and O–H groups in total. The SMILES string of the molecule is C[C@H](Nc1nccc(N2C(=O)OC(C)(C)[C@H]2c2ccccc2)n1)c1ccccc1. The van der Waals surface area contributed by atoms with Gasteiger partial charge in [0.05, 0.1) is 6.04 Å². The van der Waals surface area contributed by atoms with Gasteiger partial charge in [-0.1, -0.05) is 60.7 Å². The summed E-state index contributed by atoms with van der Waals surface area (Å²) in [6.45, 7) is 5.88. The van der Waals surface area contributed by atoms with Crippen LogP contribution in [0, 0.1) is 0 Å². The zero-order valence-corrected chi connectivity index (χ0v) is 16.7. The molecular weight excluding hydrogens is 364 g/mol. The zero-order chi connectivity index (χ0) is 20.4. The summed E-state index contributed by atoms with van der Waals surface area (Å²) in [5.41, 5.74) is 1.44. The summed E-state index contributed by atoms with van der Waals surface area (Å²) < 4.78 is 5.68. The Morgan fingerprint density at radius 2 is 1.69 bits per heavy atom. The maximum absolute atomic E-state index is 12.8. The summed E-state index contributed by atoms with van der Waals surface area (Å²) in [7, 11) is 0. The maximum atomic E-state index is 12.8. The molecule has 4 rings (SSSR count). The van der Waals surface area contributed by atoms with Crippen LogP contribution in [0.25, 0.3) is 0 Å². The van der Waals surface area contributed by atoms with E-state index in [0.29, 0.717) is 11.8 Å². The topological polar surface area (TPSA) is 67.4 Å². The molecular formula is C23H24N4O2. The van der Waals surface area contributed by atoms with E-state index in [-0.39, 0.29) is 12.1 Å². The van der Waals surface area contributed by atoms with E-state index in [1.54, 1.807) is 17.2 Å². The van der Waals surface area contributed by atoms with Crippen LogP contribution in [0.1, 0.15) is 44.0 Å². The van der Waals surface area contributed by atoms with Gasteiger partial charge in [0.25, 0.3) is 0 Å². The van der Waals surface area contributed by atoms with Crippen molar-refractivity contribution >= 4 is 17.9 Å². The summed E-state index contributed by atoms with van der Waals surface area (Å²) in [4.78, 5) is 23.3. The molecule has 2 aromatic carbocycles. The van der Waals surface area contributed by atoms with Gasteiger partial charge in [-0.15, -0.1) is 0 Å². The van der Waals surface area contributed by atoms with Gasteiger partial charge in [-0.3, -0.25) is 0 Å². The molecule has 148 valence electrons. The zero-order valence-electron chi connectivity index (χ0n) is 16.7. The largest absolute Gasteiger partial charge is 0.440 e. The van der Waals surface area contributed by atoms with Crippen molar-refractivity contribution in [3.05, 3.63) is 84.1 Å². The predicted octanol–water partition coefficient (Wildman–Crippen LogP) is 5.13. The van der Waals surface area contributed by atoms with Gasteiger partial charge in [0.2, 0.25) is 5.95 Å². The van der Waals surface area contributed by atoms with Crippen LogP contribution < -0.4 is 10.2 Å². The lowest BCUT2D eigenvalue weighted by Crippen LogP contribution is -2.34. The average molecular weight is 388 g/mol. The number of carbonyl (C=O) groups excluding carboxylic acids is 1. The highest BCUT2D eigenvalue weighted by Crippen LogP contribution is 2.43. The van der Waals surface area contributed by atoms with E-state index >= 15 is 0 Å². The number of hydrogen-bond acceptors (Lipinski definition) is 5. The number of anilines is 2. The number of amides is 1. The number of nitrogens with one attached hydrogen (secondary N) is 1. The first kappa shape index (κ1) is 18.9. The number of carbonyl (C=O) groups is 1. The van der Waals surface area contributed by atoms with E-state index in [0.717, 1.165) is 11.1 Å². The van der Waals surface area contributed by atoms with Crippen LogP contribution in [-0.4, -0.2) is 21.7 Å². The summed E-state index contributed by atoms with van der Waals surface area (Å²) in [5.74, 6) is 0.968. The molecule has 0 radical (unpaired) electrons. The standard InChI is InChI=1S/C23H24N4O2/c1-16(17-10-6-4-7-11-17)25-21-24-15-14-19(26-21)27-20(18-12-8-5-9-13-18)23(2,3)29-22(27)28/h4-16,20H,1-3H3,(H,24,25,26)/t16-,20+/m0/s1. The molecule has 1 aliphatic rings. The van der Waals surface area contributed by atoms with Crippen molar-refractivity contribution in [1.82, 2.24) is 9.97 Å². The van der Waals surface area contributed by atoms with Gasteiger partial charge in [0.15, 0.2) is 0 Å². The van der Waals surface area contributed by atoms with E-state index in [9.17, 15) is 4.79 Å².